The molecule has 1 N–H and O–H groups in total. The van der Waals surface area contributed by atoms with Crippen molar-refractivity contribution in [3.05, 3.63) is 28.8 Å². The van der Waals surface area contributed by atoms with Crippen LogP contribution in [-0.2, 0) is 9.84 Å². The molecule has 0 saturated carbocycles. The lowest BCUT2D eigenvalue weighted by molar-refractivity contribution is 0.0749. The molecule has 1 fully saturated rings. The number of thioether (sulfide) groups is 1. The lowest BCUT2D eigenvalue weighted by Gasteiger charge is -2.34. The van der Waals surface area contributed by atoms with E-state index in [2.05, 4.69) is 0 Å². The van der Waals surface area contributed by atoms with Crippen LogP contribution in [0.25, 0.3) is 0 Å². The average molecular weight is 336 g/mol. The second kappa shape index (κ2) is 5.83. The van der Waals surface area contributed by atoms with Gasteiger partial charge in [0.25, 0.3) is 5.91 Å². The number of sulfone groups is 1. The number of phenolic OH excluding ortho intramolecular Hbond substituents is 1. The zero-order chi connectivity index (χ0) is 14.9. The van der Waals surface area contributed by atoms with E-state index in [0.717, 1.165) is 6.26 Å². The maximum absolute atomic E-state index is 12.5. The zero-order valence-corrected chi connectivity index (χ0v) is 13.1. The molecule has 1 aliphatic heterocycles. The largest absolute Gasteiger partial charge is 0.508 e. The van der Waals surface area contributed by atoms with E-state index in [-0.39, 0.29) is 16.3 Å². The minimum absolute atomic E-state index is 0.0833. The van der Waals surface area contributed by atoms with Crippen LogP contribution in [0.5, 0.6) is 5.75 Å². The normalized spacial score (nSPS) is 19.9. The summed E-state index contributed by atoms with van der Waals surface area (Å²) >= 11 is 7.46. The molecule has 0 aromatic heterocycles. The van der Waals surface area contributed by atoms with Crippen molar-refractivity contribution < 1.29 is 18.3 Å². The van der Waals surface area contributed by atoms with E-state index in [0.29, 0.717) is 18.1 Å². The fraction of sp³-hybridized carbons (Fsp3) is 0.417. The van der Waals surface area contributed by atoms with E-state index in [9.17, 15) is 18.3 Å². The predicted octanol–water partition coefficient (Wildman–Crippen LogP) is 1.61. The van der Waals surface area contributed by atoms with Gasteiger partial charge in [0.05, 0.1) is 10.6 Å². The molecule has 1 aliphatic rings. The van der Waals surface area contributed by atoms with Gasteiger partial charge in [-0.2, -0.15) is 11.8 Å². The molecule has 2 rings (SSSR count). The van der Waals surface area contributed by atoms with Gasteiger partial charge in [0.1, 0.15) is 11.1 Å². The van der Waals surface area contributed by atoms with Gasteiger partial charge < -0.3 is 10.0 Å². The molecule has 110 valence electrons. The van der Waals surface area contributed by atoms with Crippen molar-refractivity contribution in [1.29, 1.82) is 0 Å². The highest BCUT2D eigenvalue weighted by Crippen LogP contribution is 2.27. The number of aromatic hydroxyl groups is 1. The second-order valence-electron chi connectivity index (χ2n) is 4.52. The topological polar surface area (TPSA) is 74.7 Å². The summed E-state index contributed by atoms with van der Waals surface area (Å²) in [5.41, 5.74) is 0.118. The molecular weight excluding hydrogens is 322 g/mol. The van der Waals surface area contributed by atoms with Gasteiger partial charge in [-0.25, -0.2) is 8.42 Å². The van der Waals surface area contributed by atoms with Gasteiger partial charge in [-0.05, 0) is 18.2 Å². The molecule has 0 radical (unpaired) electrons. The standard InChI is InChI=1S/C12H14ClNO4S2/c1-20(17,18)11-7-19-5-4-14(11)12(16)9-6-8(15)2-3-10(9)13/h2-3,6,11,15H,4-5,7H2,1H3. The van der Waals surface area contributed by atoms with Gasteiger partial charge in [0.15, 0.2) is 9.84 Å². The maximum atomic E-state index is 12.5. The monoisotopic (exact) mass is 335 g/mol. The molecule has 1 aromatic carbocycles. The first-order valence-electron chi connectivity index (χ1n) is 5.87. The molecule has 0 spiro atoms. The first-order valence-corrected chi connectivity index (χ1v) is 9.35. The number of carbonyl (C=O) groups is 1. The van der Waals surface area contributed by atoms with Gasteiger partial charge in [-0.15, -0.1) is 0 Å². The molecule has 0 bridgehead atoms. The molecule has 1 heterocycles. The molecule has 1 aromatic rings. The summed E-state index contributed by atoms with van der Waals surface area (Å²) in [5.74, 6) is 0.469. The summed E-state index contributed by atoms with van der Waals surface area (Å²) in [6.07, 6.45) is 1.12. The number of phenols is 1. The maximum Gasteiger partial charge on any atom is 0.256 e. The third-order valence-electron chi connectivity index (χ3n) is 3.02. The van der Waals surface area contributed by atoms with Crippen LogP contribution in [0, 0.1) is 0 Å². The lowest BCUT2D eigenvalue weighted by Crippen LogP contribution is -2.49. The summed E-state index contributed by atoms with van der Waals surface area (Å²) in [7, 11) is -3.37. The van der Waals surface area contributed by atoms with Crippen LogP contribution >= 0.6 is 23.4 Å². The van der Waals surface area contributed by atoms with Crippen LogP contribution in [-0.4, -0.2) is 54.0 Å². The Balaban J connectivity index is 2.37. The Kier molecular flexibility index (Phi) is 4.51. The van der Waals surface area contributed by atoms with E-state index in [1.807, 2.05) is 0 Å². The first-order chi connectivity index (χ1) is 9.30. The summed E-state index contributed by atoms with van der Waals surface area (Å²) < 4.78 is 23.6. The number of halogens is 1. The third-order valence-corrected chi connectivity index (χ3v) is 5.99. The zero-order valence-electron chi connectivity index (χ0n) is 10.7. The lowest BCUT2D eigenvalue weighted by atomic mass is 10.2. The minimum atomic E-state index is -3.37. The number of carbonyl (C=O) groups excluding carboxylic acids is 1. The SMILES string of the molecule is CS(=O)(=O)C1CSCCN1C(=O)c1cc(O)ccc1Cl. The predicted molar refractivity (Wildman–Crippen MR) is 80.1 cm³/mol. The van der Waals surface area contributed by atoms with Crippen LogP contribution in [0.3, 0.4) is 0 Å². The van der Waals surface area contributed by atoms with Crippen molar-refractivity contribution in [2.24, 2.45) is 0 Å². The summed E-state index contributed by atoms with van der Waals surface area (Å²) in [6, 6.07) is 4.04. The quantitative estimate of drug-likeness (QED) is 0.888. The van der Waals surface area contributed by atoms with E-state index < -0.39 is 21.1 Å². The molecule has 5 nitrogen and oxygen atoms in total. The molecule has 20 heavy (non-hydrogen) atoms. The summed E-state index contributed by atoms with van der Waals surface area (Å²) in [4.78, 5) is 13.8. The average Bonchev–Trinajstić information content (AvgIpc) is 2.40. The Hall–Kier alpha value is -0.920. The number of rotatable bonds is 2. The van der Waals surface area contributed by atoms with Crippen LogP contribution in [0.4, 0.5) is 0 Å². The van der Waals surface area contributed by atoms with Gasteiger partial charge in [-0.1, -0.05) is 11.6 Å². The Morgan fingerprint density at radius 2 is 2.20 bits per heavy atom. The van der Waals surface area contributed by atoms with Crippen LogP contribution in [0.2, 0.25) is 5.02 Å². The van der Waals surface area contributed by atoms with Crippen molar-refractivity contribution in [1.82, 2.24) is 4.90 Å². The summed E-state index contributed by atoms with van der Waals surface area (Å²) in [5, 5.41) is 8.80. The Labute approximate surface area is 126 Å². The van der Waals surface area contributed by atoms with Crippen molar-refractivity contribution >= 4 is 39.1 Å². The Bertz CT molecular complexity index is 632. The van der Waals surface area contributed by atoms with Gasteiger partial charge in [0.2, 0.25) is 0 Å². The number of amides is 1. The molecular formula is C12H14ClNO4S2. The molecule has 1 amide bonds. The fourth-order valence-corrected chi connectivity index (χ4v) is 5.01. The number of hydrogen-bond donors (Lipinski definition) is 1. The van der Waals surface area contributed by atoms with Crippen LogP contribution in [0.15, 0.2) is 18.2 Å². The Morgan fingerprint density at radius 3 is 2.85 bits per heavy atom. The highest BCUT2D eigenvalue weighted by Gasteiger charge is 2.35. The second-order valence-corrected chi connectivity index (χ2v) is 8.28. The number of benzene rings is 1. The highest BCUT2D eigenvalue weighted by molar-refractivity contribution is 8.00. The highest BCUT2D eigenvalue weighted by atomic mass is 35.5. The van der Waals surface area contributed by atoms with E-state index in [4.69, 9.17) is 11.6 Å². The minimum Gasteiger partial charge on any atom is -0.508 e. The Morgan fingerprint density at radius 1 is 1.50 bits per heavy atom. The van der Waals surface area contributed by atoms with E-state index >= 15 is 0 Å². The molecule has 8 heteroatoms. The molecule has 0 aliphatic carbocycles. The van der Waals surface area contributed by atoms with Crippen molar-refractivity contribution in [3.8, 4) is 5.75 Å². The third kappa shape index (κ3) is 3.21. The fourth-order valence-electron chi connectivity index (χ4n) is 2.00. The van der Waals surface area contributed by atoms with Gasteiger partial charge in [0, 0.05) is 24.3 Å². The molecule has 1 atom stereocenters. The van der Waals surface area contributed by atoms with Crippen LogP contribution in [0.1, 0.15) is 10.4 Å². The molecule has 1 saturated heterocycles. The summed E-state index contributed by atoms with van der Waals surface area (Å²) in [6.45, 7) is 0.340. The first kappa shape index (κ1) is 15.5. The number of hydrogen-bond acceptors (Lipinski definition) is 5. The van der Waals surface area contributed by atoms with Crippen LogP contribution < -0.4 is 0 Å². The smallest absolute Gasteiger partial charge is 0.256 e. The van der Waals surface area contributed by atoms with E-state index in [1.165, 1.54) is 34.9 Å². The van der Waals surface area contributed by atoms with Crippen molar-refractivity contribution in [2.75, 3.05) is 24.3 Å². The number of nitrogens with zero attached hydrogens (tertiary/aromatic N) is 1. The molecule has 1 unspecified atom stereocenters. The van der Waals surface area contributed by atoms with Gasteiger partial charge in [-0.3, -0.25) is 4.79 Å². The van der Waals surface area contributed by atoms with Crippen molar-refractivity contribution in [3.63, 3.8) is 0 Å². The van der Waals surface area contributed by atoms with Gasteiger partial charge >= 0.3 is 0 Å². The van der Waals surface area contributed by atoms with Crippen molar-refractivity contribution in [2.45, 2.75) is 5.37 Å². The van der Waals surface area contributed by atoms with E-state index in [1.54, 1.807) is 0 Å².